The summed E-state index contributed by atoms with van der Waals surface area (Å²) in [5, 5.41) is 14.0. The summed E-state index contributed by atoms with van der Waals surface area (Å²) >= 11 is 1.44. The Morgan fingerprint density at radius 1 is 1.28 bits per heavy atom. The number of thiophene rings is 1. The van der Waals surface area contributed by atoms with Crippen molar-refractivity contribution in [2.45, 2.75) is 20.0 Å². The van der Waals surface area contributed by atoms with Crippen molar-refractivity contribution in [1.29, 1.82) is 0 Å². The monoisotopic (exact) mass is 261 g/mol. The van der Waals surface area contributed by atoms with Crippen molar-refractivity contribution in [3.05, 3.63) is 51.7 Å². The van der Waals surface area contributed by atoms with E-state index in [1.807, 2.05) is 30.5 Å². The lowest BCUT2D eigenvalue weighted by atomic mass is 10.1. The molecule has 0 spiro atoms. The number of aliphatic hydroxyl groups is 1. The molecule has 4 heteroatoms. The minimum absolute atomic E-state index is 0.0818. The quantitative estimate of drug-likeness (QED) is 0.888. The standard InChI is InChI=1S/C14H15NO2S/c1-2-10-7-8-18-13(10)14(17)15-12-6-4-3-5-11(12)9-16/h3-8,16H,2,9H2,1H3,(H,15,17). The zero-order valence-electron chi connectivity index (χ0n) is 10.1. The van der Waals surface area contributed by atoms with Crippen molar-refractivity contribution in [2.24, 2.45) is 0 Å². The van der Waals surface area contributed by atoms with E-state index in [0.717, 1.165) is 22.4 Å². The average Bonchev–Trinajstić information content (AvgIpc) is 2.87. The third kappa shape index (κ3) is 2.60. The molecule has 3 nitrogen and oxygen atoms in total. The maximum atomic E-state index is 12.1. The van der Waals surface area contributed by atoms with Crippen molar-refractivity contribution in [3.63, 3.8) is 0 Å². The molecule has 0 bridgehead atoms. The Morgan fingerprint density at radius 3 is 2.78 bits per heavy atom. The molecule has 0 aliphatic heterocycles. The summed E-state index contributed by atoms with van der Waals surface area (Å²) in [5.41, 5.74) is 2.44. The summed E-state index contributed by atoms with van der Waals surface area (Å²) in [6, 6.07) is 9.23. The molecule has 0 aliphatic rings. The fourth-order valence-electron chi connectivity index (χ4n) is 1.77. The number of nitrogens with one attached hydrogen (secondary N) is 1. The number of carbonyl (C=O) groups excluding carboxylic acids is 1. The summed E-state index contributed by atoms with van der Waals surface area (Å²) in [6.07, 6.45) is 0.841. The van der Waals surface area contributed by atoms with Gasteiger partial charge in [0.05, 0.1) is 11.5 Å². The van der Waals surface area contributed by atoms with Crippen LogP contribution in [0.15, 0.2) is 35.7 Å². The van der Waals surface area contributed by atoms with Gasteiger partial charge in [0.25, 0.3) is 5.91 Å². The van der Waals surface area contributed by atoms with Gasteiger partial charge < -0.3 is 10.4 Å². The first-order valence-electron chi connectivity index (χ1n) is 5.82. The van der Waals surface area contributed by atoms with Gasteiger partial charge in [0, 0.05) is 11.3 Å². The average molecular weight is 261 g/mol. The molecule has 2 aromatic rings. The number of aryl methyl sites for hydroxylation is 1. The minimum atomic E-state index is -0.109. The zero-order chi connectivity index (χ0) is 13.0. The topological polar surface area (TPSA) is 49.3 Å². The fourth-order valence-corrected chi connectivity index (χ4v) is 2.66. The van der Waals surface area contributed by atoms with Gasteiger partial charge in [0.1, 0.15) is 0 Å². The van der Waals surface area contributed by atoms with E-state index in [0.29, 0.717) is 5.69 Å². The van der Waals surface area contributed by atoms with Crippen LogP contribution in [0, 0.1) is 0 Å². The second-order valence-corrected chi connectivity index (χ2v) is 4.81. The first kappa shape index (κ1) is 12.8. The van der Waals surface area contributed by atoms with Gasteiger partial charge in [-0.2, -0.15) is 0 Å². The summed E-state index contributed by atoms with van der Waals surface area (Å²) in [4.78, 5) is 12.9. The predicted molar refractivity (Wildman–Crippen MR) is 74.0 cm³/mol. The highest BCUT2D eigenvalue weighted by Crippen LogP contribution is 2.21. The van der Waals surface area contributed by atoms with Crippen molar-refractivity contribution in [1.82, 2.24) is 0 Å². The van der Waals surface area contributed by atoms with Gasteiger partial charge in [-0.25, -0.2) is 0 Å². The molecule has 0 fully saturated rings. The third-order valence-electron chi connectivity index (χ3n) is 2.77. The van der Waals surface area contributed by atoms with Gasteiger partial charge >= 0.3 is 0 Å². The molecule has 0 radical (unpaired) electrons. The Labute approximate surface area is 110 Å². The van der Waals surface area contributed by atoms with Gasteiger partial charge in [-0.1, -0.05) is 25.1 Å². The summed E-state index contributed by atoms with van der Waals surface area (Å²) in [7, 11) is 0. The molecule has 1 heterocycles. The molecule has 1 amide bonds. The van der Waals surface area contributed by atoms with Crippen molar-refractivity contribution in [3.8, 4) is 0 Å². The second kappa shape index (κ2) is 5.80. The molecular weight excluding hydrogens is 246 g/mol. The molecule has 0 unspecified atom stereocenters. The van der Waals surface area contributed by atoms with E-state index in [1.54, 1.807) is 12.1 Å². The van der Waals surface area contributed by atoms with Gasteiger partial charge in [0.2, 0.25) is 0 Å². The number of para-hydroxylation sites is 1. The number of carbonyl (C=O) groups is 1. The lowest BCUT2D eigenvalue weighted by Crippen LogP contribution is -2.13. The first-order chi connectivity index (χ1) is 8.76. The molecule has 0 aliphatic carbocycles. The van der Waals surface area contributed by atoms with Crippen molar-refractivity contribution < 1.29 is 9.90 Å². The van der Waals surface area contributed by atoms with Crippen LogP contribution in [0.2, 0.25) is 0 Å². The van der Waals surface area contributed by atoms with Crippen LogP contribution in [-0.2, 0) is 13.0 Å². The lowest BCUT2D eigenvalue weighted by Gasteiger charge is -2.09. The van der Waals surface area contributed by atoms with Gasteiger partial charge in [0.15, 0.2) is 0 Å². The Balaban J connectivity index is 2.21. The summed E-state index contributed by atoms with van der Waals surface area (Å²) in [6.45, 7) is 1.95. The number of hydrogen-bond donors (Lipinski definition) is 2. The van der Waals surface area contributed by atoms with E-state index >= 15 is 0 Å². The molecule has 2 N–H and O–H groups in total. The van der Waals surface area contributed by atoms with Crippen LogP contribution < -0.4 is 5.32 Å². The molecular formula is C14H15NO2S. The maximum absolute atomic E-state index is 12.1. The van der Waals surface area contributed by atoms with E-state index in [9.17, 15) is 9.90 Å². The van der Waals surface area contributed by atoms with Crippen LogP contribution >= 0.6 is 11.3 Å². The minimum Gasteiger partial charge on any atom is -0.392 e. The number of amides is 1. The van der Waals surface area contributed by atoms with E-state index in [-0.39, 0.29) is 12.5 Å². The van der Waals surface area contributed by atoms with Crippen LogP contribution in [0.1, 0.15) is 27.7 Å². The third-order valence-corrected chi connectivity index (χ3v) is 3.73. The Kier molecular flexibility index (Phi) is 4.12. The van der Waals surface area contributed by atoms with E-state index in [2.05, 4.69) is 5.32 Å². The molecule has 18 heavy (non-hydrogen) atoms. The van der Waals surface area contributed by atoms with Crippen LogP contribution in [-0.4, -0.2) is 11.0 Å². The number of rotatable bonds is 4. The Morgan fingerprint density at radius 2 is 2.06 bits per heavy atom. The molecule has 1 aromatic carbocycles. The van der Waals surface area contributed by atoms with E-state index < -0.39 is 0 Å². The molecule has 0 saturated carbocycles. The zero-order valence-corrected chi connectivity index (χ0v) is 11.0. The normalized spacial score (nSPS) is 10.3. The Bertz CT molecular complexity index is 548. The van der Waals surface area contributed by atoms with Gasteiger partial charge in [-0.15, -0.1) is 11.3 Å². The fraction of sp³-hybridized carbons (Fsp3) is 0.214. The highest BCUT2D eigenvalue weighted by molar-refractivity contribution is 7.12. The smallest absolute Gasteiger partial charge is 0.266 e. The highest BCUT2D eigenvalue weighted by Gasteiger charge is 2.13. The number of anilines is 1. The van der Waals surface area contributed by atoms with Crippen molar-refractivity contribution in [2.75, 3.05) is 5.32 Å². The SMILES string of the molecule is CCc1ccsc1C(=O)Nc1ccccc1CO. The molecule has 0 saturated heterocycles. The number of hydrogen-bond acceptors (Lipinski definition) is 3. The molecule has 0 atom stereocenters. The largest absolute Gasteiger partial charge is 0.392 e. The van der Waals surface area contributed by atoms with Crippen LogP contribution in [0.4, 0.5) is 5.69 Å². The Hall–Kier alpha value is -1.65. The molecule has 94 valence electrons. The molecule has 2 rings (SSSR count). The predicted octanol–water partition coefficient (Wildman–Crippen LogP) is 3.06. The summed E-state index contributed by atoms with van der Waals surface area (Å²) < 4.78 is 0. The van der Waals surface area contributed by atoms with Gasteiger partial charge in [-0.05, 0) is 29.5 Å². The lowest BCUT2D eigenvalue weighted by molar-refractivity contribution is 0.102. The maximum Gasteiger partial charge on any atom is 0.266 e. The van der Waals surface area contributed by atoms with Crippen LogP contribution in [0.3, 0.4) is 0 Å². The van der Waals surface area contributed by atoms with E-state index in [4.69, 9.17) is 0 Å². The molecule has 1 aromatic heterocycles. The second-order valence-electron chi connectivity index (χ2n) is 3.90. The number of benzene rings is 1. The number of aliphatic hydroxyl groups excluding tert-OH is 1. The van der Waals surface area contributed by atoms with Crippen LogP contribution in [0.5, 0.6) is 0 Å². The van der Waals surface area contributed by atoms with Gasteiger partial charge in [-0.3, -0.25) is 4.79 Å². The van der Waals surface area contributed by atoms with Crippen molar-refractivity contribution >= 4 is 22.9 Å². The van der Waals surface area contributed by atoms with Crippen LogP contribution in [0.25, 0.3) is 0 Å². The highest BCUT2D eigenvalue weighted by atomic mass is 32.1. The first-order valence-corrected chi connectivity index (χ1v) is 6.70. The summed E-state index contributed by atoms with van der Waals surface area (Å²) in [5.74, 6) is -0.109. The van der Waals surface area contributed by atoms with E-state index in [1.165, 1.54) is 11.3 Å².